The Morgan fingerprint density at radius 2 is 2.18 bits per heavy atom. The van der Waals surface area contributed by atoms with E-state index >= 15 is 0 Å². The fourth-order valence-electron chi connectivity index (χ4n) is 1.11. The smallest absolute Gasteiger partial charge is 0.274 e. The van der Waals surface area contributed by atoms with Crippen LogP contribution in [0.15, 0.2) is 18.2 Å². The molecule has 17 heavy (non-hydrogen) atoms. The van der Waals surface area contributed by atoms with Gasteiger partial charge in [-0.25, -0.2) is 9.53 Å². The van der Waals surface area contributed by atoms with Gasteiger partial charge in [0.05, 0.1) is 0 Å². The molecule has 0 aromatic heterocycles. The van der Waals surface area contributed by atoms with Gasteiger partial charge in [-0.2, -0.15) is 13.1 Å². The van der Waals surface area contributed by atoms with Crippen LogP contribution in [-0.2, 0) is 16.8 Å². The molecule has 0 spiro atoms. The monoisotopic (exact) mass is 258 g/mol. The minimum atomic E-state index is -3.86. The van der Waals surface area contributed by atoms with E-state index in [2.05, 4.69) is 11.8 Å². The first-order valence-corrected chi connectivity index (χ1v) is 6.12. The molecule has 0 fully saturated rings. The maximum Gasteiger partial charge on any atom is 0.274 e. The number of rotatable bonds is 3. The fraction of sp³-hybridized carbons (Fsp3) is 0.200. The van der Waals surface area contributed by atoms with Crippen LogP contribution in [0.4, 0.5) is 4.39 Å². The number of nitrogens with two attached hydrogens (primary N) is 1. The molecule has 0 radical (unpaired) electrons. The molecule has 92 valence electrons. The van der Waals surface area contributed by atoms with Crippen molar-refractivity contribution in [3.8, 4) is 11.8 Å². The summed E-state index contributed by atoms with van der Waals surface area (Å²) in [6.07, 6.45) is 0. The highest BCUT2D eigenvalue weighted by Crippen LogP contribution is 2.09. The maximum atomic E-state index is 13.3. The van der Waals surface area contributed by atoms with Gasteiger partial charge in [-0.05, 0) is 18.2 Å². The van der Waals surface area contributed by atoms with Gasteiger partial charge in [0, 0.05) is 17.7 Å². The molecule has 5 nitrogen and oxygen atoms in total. The molecule has 0 aliphatic rings. The standard InChI is InChI=1S/C10H11FN2O3S/c11-10-4-3-8(2-1-5-14)6-9(10)7-13-17(12,15)16/h3-4,6,13-14H,5,7H2,(H2,12,15,16). The van der Waals surface area contributed by atoms with Crippen molar-refractivity contribution in [2.45, 2.75) is 6.54 Å². The van der Waals surface area contributed by atoms with Crippen molar-refractivity contribution in [2.24, 2.45) is 5.14 Å². The third-order valence-electron chi connectivity index (χ3n) is 1.82. The van der Waals surface area contributed by atoms with Crippen LogP contribution in [-0.4, -0.2) is 20.1 Å². The Bertz CT molecular complexity index is 561. The highest BCUT2D eigenvalue weighted by Gasteiger charge is 2.06. The summed E-state index contributed by atoms with van der Waals surface area (Å²) >= 11 is 0. The van der Waals surface area contributed by atoms with E-state index in [0.717, 1.165) is 0 Å². The molecule has 0 saturated carbocycles. The summed E-state index contributed by atoms with van der Waals surface area (Å²) in [6, 6.07) is 3.98. The van der Waals surface area contributed by atoms with Crippen molar-refractivity contribution in [3.05, 3.63) is 35.1 Å². The quantitative estimate of drug-likeness (QED) is 0.636. The number of aliphatic hydroxyl groups excluding tert-OH is 1. The molecule has 0 atom stereocenters. The summed E-state index contributed by atoms with van der Waals surface area (Å²) in [4.78, 5) is 0. The minimum absolute atomic E-state index is 0.128. The molecule has 1 rings (SSSR count). The topological polar surface area (TPSA) is 92.4 Å². The normalized spacial score (nSPS) is 10.8. The second kappa shape index (κ2) is 5.75. The van der Waals surface area contributed by atoms with Crippen molar-refractivity contribution >= 4 is 10.2 Å². The van der Waals surface area contributed by atoms with E-state index < -0.39 is 16.0 Å². The summed E-state index contributed by atoms with van der Waals surface area (Å²) in [5.41, 5.74) is 0.607. The predicted octanol–water partition coefficient (Wildman–Crippen LogP) is -0.537. The lowest BCUT2D eigenvalue weighted by atomic mass is 10.1. The first-order valence-electron chi connectivity index (χ1n) is 4.58. The molecular formula is C10H11FN2O3S. The number of benzene rings is 1. The molecule has 0 saturated heterocycles. The van der Waals surface area contributed by atoms with Crippen molar-refractivity contribution in [2.75, 3.05) is 6.61 Å². The van der Waals surface area contributed by atoms with Gasteiger partial charge in [0.2, 0.25) is 0 Å². The van der Waals surface area contributed by atoms with Gasteiger partial charge in [0.25, 0.3) is 10.2 Å². The number of halogens is 1. The van der Waals surface area contributed by atoms with Gasteiger partial charge in [-0.1, -0.05) is 11.8 Å². The van der Waals surface area contributed by atoms with Gasteiger partial charge in [0.1, 0.15) is 12.4 Å². The zero-order valence-electron chi connectivity index (χ0n) is 8.77. The van der Waals surface area contributed by atoms with Gasteiger partial charge >= 0.3 is 0 Å². The summed E-state index contributed by atoms with van der Waals surface area (Å²) in [5, 5.41) is 13.2. The van der Waals surface area contributed by atoms with Gasteiger partial charge in [-0.15, -0.1) is 0 Å². The van der Waals surface area contributed by atoms with Crippen LogP contribution in [0.5, 0.6) is 0 Å². The molecule has 1 aromatic carbocycles. The minimum Gasteiger partial charge on any atom is -0.384 e. The van der Waals surface area contributed by atoms with Crippen molar-refractivity contribution < 1.29 is 17.9 Å². The Morgan fingerprint density at radius 1 is 1.47 bits per heavy atom. The van der Waals surface area contributed by atoms with E-state index in [1.54, 1.807) is 0 Å². The number of hydrogen-bond donors (Lipinski definition) is 3. The molecule has 0 unspecified atom stereocenters. The van der Waals surface area contributed by atoms with E-state index in [4.69, 9.17) is 10.2 Å². The Hall–Kier alpha value is -1.46. The maximum absolute atomic E-state index is 13.3. The first-order chi connectivity index (χ1) is 7.92. The number of aliphatic hydroxyl groups is 1. The average Bonchev–Trinajstić information content (AvgIpc) is 2.25. The molecule has 0 amide bonds. The lowest BCUT2D eigenvalue weighted by Gasteiger charge is -2.04. The van der Waals surface area contributed by atoms with Crippen molar-refractivity contribution in [3.63, 3.8) is 0 Å². The summed E-state index contributed by atoms with van der Waals surface area (Å²) in [5.74, 6) is 4.43. The van der Waals surface area contributed by atoms with Crippen molar-refractivity contribution in [1.29, 1.82) is 0 Å². The molecule has 4 N–H and O–H groups in total. The van der Waals surface area contributed by atoms with E-state index in [0.29, 0.717) is 5.56 Å². The largest absolute Gasteiger partial charge is 0.384 e. The zero-order chi connectivity index (χ0) is 12.9. The van der Waals surface area contributed by atoms with Gasteiger partial charge < -0.3 is 5.11 Å². The number of hydrogen-bond acceptors (Lipinski definition) is 3. The molecule has 0 aliphatic heterocycles. The van der Waals surface area contributed by atoms with Crippen LogP contribution in [0.1, 0.15) is 11.1 Å². The molecule has 1 aromatic rings. The second-order valence-corrected chi connectivity index (χ2v) is 4.51. The molecule has 7 heteroatoms. The lowest BCUT2D eigenvalue weighted by molar-refractivity contribution is 0.350. The fourth-order valence-corrected chi connectivity index (χ4v) is 1.46. The average molecular weight is 258 g/mol. The first kappa shape index (κ1) is 13.6. The second-order valence-electron chi connectivity index (χ2n) is 3.13. The Labute approximate surface area is 98.6 Å². The molecule has 0 aliphatic carbocycles. The van der Waals surface area contributed by atoms with Crippen molar-refractivity contribution in [1.82, 2.24) is 4.72 Å². The third-order valence-corrected chi connectivity index (χ3v) is 2.37. The Kier molecular flexibility index (Phi) is 4.60. The highest BCUT2D eigenvalue weighted by molar-refractivity contribution is 7.87. The Morgan fingerprint density at radius 3 is 2.76 bits per heavy atom. The van der Waals surface area contributed by atoms with E-state index in [1.807, 2.05) is 4.72 Å². The van der Waals surface area contributed by atoms with Gasteiger partial charge in [-0.3, -0.25) is 0 Å². The molecule has 0 bridgehead atoms. The molecular weight excluding hydrogens is 247 g/mol. The third kappa shape index (κ3) is 4.93. The van der Waals surface area contributed by atoms with Crippen LogP contribution in [0.2, 0.25) is 0 Å². The molecule has 0 heterocycles. The summed E-state index contributed by atoms with van der Waals surface area (Å²) in [6.45, 7) is -0.554. The van der Waals surface area contributed by atoms with Crippen LogP contribution >= 0.6 is 0 Å². The Balaban J connectivity index is 2.91. The SMILES string of the molecule is NS(=O)(=O)NCc1cc(C#CCO)ccc1F. The predicted molar refractivity (Wildman–Crippen MR) is 60.3 cm³/mol. The zero-order valence-corrected chi connectivity index (χ0v) is 9.59. The number of nitrogens with one attached hydrogen (secondary N) is 1. The van der Waals surface area contributed by atoms with Crippen LogP contribution in [0.25, 0.3) is 0 Å². The lowest BCUT2D eigenvalue weighted by Crippen LogP contribution is -2.30. The summed E-state index contributed by atoms with van der Waals surface area (Å²) < 4.78 is 36.6. The van der Waals surface area contributed by atoms with E-state index in [1.165, 1.54) is 18.2 Å². The summed E-state index contributed by atoms with van der Waals surface area (Å²) in [7, 11) is -3.86. The van der Waals surface area contributed by atoms with E-state index in [-0.39, 0.29) is 18.7 Å². The van der Waals surface area contributed by atoms with E-state index in [9.17, 15) is 12.8 Å². The van der Waals surface area contributed by atoms with Crippen LogP contribution < -0.4 is 9.86 Å². The van der Waals surface area contributed by atoms with Crippen LogP contribution in [0.3, 0.4) is 0 Å². The van der Waals surface area contributed by atoms with Crippen LogP contribution in [0, 0.1) is 17.7 Å². The van der Waals surface area contributed by atoms with Gasteiger partial charge in [0.15, 0.2) is 0 Å². The highest BCUT2D eigenvalue weighted by atomic mass is 32.2.